The monoisotopic (exact) mass is 455 g/mol. The van der Waals surface area contributed by atoms with Crippen LogP contribution in [0.15, 0.2) is 60.7 Å². The third-order valence-corrected chi connectivity index (χ3v) is 8.29. The van der Waals surface area contributed by atoms with Crippen LogP contribution in [0.25, 0.3) is 0 Å². The van der Waals surface area contributed by atoms with E-state index in [1.807, 2.05) is 0 Å². The summed E-state index contributed by atoms with van der Waals surface area (Å²) in [5.41, 5.74) is 1.21. The lowest BCUT2D eigenvalue weighted by molar-refractivity contribution is -0.913. The standard InChI is InChI=1S/C26H34NO.BrH/c28-26(23-12-6-2-7-13-23,24-14-8-3-9-15-24)25-16-18-27(21-25,19-17-25)20-22-10-4-1-5-11-22;/h2-3,6-9,12-15,22,28H,1,4-5,10-11,16-21H2;1H/q+1;/p-1. The molecule has 2 aromatic carbocycles. The SMILES string of the molecule is OC(c1ccccc1)(c1ccccc1)C12CC[N+](CC3CCCCC3)(CC1)C2.[Br-]. The van der Waals surface area contributed by atoms with Gasteiger partial charge in [-0.1, -0.05) is 79.9 Å². The van der Waals surface area contributed by atoms with Crippen molar-refractivity contribution in [3.63, 3.8) is 0 Å². The van der Waals surface area contributed by atoms with Gasteiger partial charge in [-0.05, 0) is 24.0 Å². The van der Waals surface area contributed by atoms with Crippen LogP contribution in [0.5, 0.6) is 0 Å². The van der Waals surface area contributed by atoms with Gasteiger partial charge in [-0.2, -0.15) is 0 Å². The van der Waals surface area contributed by atoms with Gasteiger partial charge >= 0.3 is 0 Å². The molecule has 0 spiro atoms. The number of fused-ring (bicyclic) bond motifs is 2. The second kappa shape index (κ2) is 8.17. The summed E-state index contributed by atoms with van der Waals surface area (Å²) in [7, 11) is 0. The smallest absolute Gasteiger partial charge is 0.126 e. The van der Waals surface area contributed by atoms with Gasteiger partial charge in [-0.25, -0.2) is 0 Å². The normalized spacial score (nSPS) is 29.6. The minimum absolute atomic E-state index is 0. The molecular weight excluding hydrogens is 422 g/mol. The molecule has 3 aliphatic rings. The molecule has 2 aliphatic heterocycles. The summed E-state index contributed by atoms with van der Waals surface area (Å²) in [5, 5.41) is 12.4. The first-order valence-corrected chi connectivity index (χ1v) is 11.3. The highest BCUT2D eigenvalue weighted by Gasteiger charge is 2.65. The second-order valence-electron chi connectivity index (χ2n) is 9.86. The van der Waals surface area contributed by atoms with E-state index >= 15 is 0 Å². The van der Waals surface area contributed by atoms with E-state index in [9.17, 15) is 5.11 Å². The molecule has 2 heterocycles. The fraction of sp³-hybridized carbons (Fsp3) is 0.538. The number of halogens is 1. The molecule has 2 aromatic rings. The molecule has 5 rings (SSSR count). The van der Waals surface area contributed by atoms with Crippen molar-refractivity contribution < 1.29 is 26.6 Å². The Hall–Kier alpha value is -1.16. The number of nitrogens with zero attached hydrogens (tertiary/aromatic N) is 1. The molecule has 0 unspecified atom stereocenters. The average Bonchev–Trinajstić information content (AvgIpc) is 3.32. The molecule has 0 radical (unpaired) electrons. The first kappa shape index (κ1) is 21.1. The van der Waals surface area contributed by atoms with Crippen molar-refractivity contribution in [1.29, 1.82) is 0 Å². The minimum atomic E-state index is -0.890. The maximum atomic E-state index is 12.4. The Morgan fingerprint density at radius 3 is 1.86 bits per heavy atom. The van der Waals surface area contributed by atoms with Crippen LogP contribution in [0, 0.1) is 11.3 Å². The van der Waals surface area contributed by atoms with E-state index in [1.165, 1.54) is 56.2 Å². The lowest BCUT2D eigenvalue weighted by Gasteiger charge is -2.42. The Kier molecular flexibility index (Phi) is 5.94. The Balaban J connectivity index is 0.00000205. The Morgan fingerprint density at radius 1 is 0.828 bits per heavy atom. The fourth-order valence-electron chi connectivity index (χ4n) is 6.88. The molecule has 0 aromatic heterocycles. The lowest BCUT2D eigenvalue weighted by Crippen LogP contribution is -3.00. The summed E-state index contributed by atoms with van der Waals surface area (Å²) in [4.78, 5) is 0. The zero-order valence-corrected chi connectivity index (χ0v) is 19.0. The summed E-state index contributed by atoms with van der Waals surface area (Å²) < 4.78 is 1.26. The number of aliphatic hydroxyl groups is 1. The third-order valence-electron chi connectivity index (χ3n) is 8.29. The summed E-state index contributed by atoms with van der Waals surface area (Å²) in [6.45, 7) is 4.99. The maximum absolute atomic E-state index is 12.4. The van der Waals surface area contributed by atoms with Crippen molar-refractivity contribution in [2.24, 2.45) is 11.3 Å². The topological polar surface area (TPSA) is 20.2 Å². The first-order chi connectivity index (χ1) is 13.7. The van der Waals surface area contributed by atoms with E-state index in [0.29, 0.717) is 0 Å². The van der Waals surface area contributed by atoms with Crippen LogP contribution < -0.4 is 17.0 Å². The van der Waals surface area contributed by atoms with E-state index in [1.54, 1.807) is 0 Å². The van der Waals surface area contributed by atoms with Crippen LogP contribution in [-0.4, -0.2) is 35.8 Å². The Bertz CT molecular complexity index is 752. The third kappa shape index (κ3) is 3.49. The van der Waals surface area contributed by atoms with Gasteiger partial charge in [0.2, 0.25) is 0 Å². The zero-order valence-electron chi connectivity index (χ0n) is 17.4. The predicted octanol–water partition coefficient (Wildman–Crippen LogP) is 2.12. The highest BCUT2D eigenvalue weighted by atomic mass is 79.9. The average molecular weight is 456 g/mol. The summed E-state index contributed by atoms with van der Waals surface area (Å²) in [6, 6.07) is 21.0. The molecule has 1 N–H and O–H groups in total. The molecule has 2 bridgehead atoms. The van der Waals surface area contributed by atoms with Gasteiger partial charge in [-0.3, -0.25) is 0 Å². The van der Waals surface area contributed by atoms with Crippen molar-refractivity contribution >= 4 is 0 Å². The molecule has 29 heavy (non-hydrogen) atoms. The van der Waals surface area contributed by atoms with Gasteiger partial charge < -0.3 is 26.6 Å². The number of piperidine rings is 1. The van der Waals surface area contributed by atoms with Crippen LogP contribution in [0.1, 0.15) is 56.1 Å². The van der Waals surface area contributed by atoms with Gasteiger partial charge in [0.25, 0.3) is 0 Å². The molecule has 3 heteroatoms. The van der Waals surface area contributed by atoms with Crippen molar-refractivity contribution in [1.82, 2.24) is 0 Å². The number of hydrogen-bond acceptors (Lipinski definition) is 1. The molecule has 0 atom stereocenters. The van der Waals surface area contributed by atoms with Crippen LogP contribution in [0.2, 0.25) is 0 Å². The van der Waals surface area contributed by atoms with Crippen LogP contribution in [0.4, 0.5) is 0 Å². The van der Waals surface area contributed by atoms with E-state index in [-0.39, 0.29) is 22.4 Å². The fourth-order valence-corrected chi connectivity index (χ4v) is 6.88. The van der Waals surface area contributed by atoms with Crippen molar-refractivity contribution in [3.8, 4) is 0 Å². The predicted molar refractivity (Wildman–Crippen MR) is 114 cm³/mol. The van der Waals surface area contributed by atoms with Crippen molar-refractivity contribution in [3.05, 3.63) is 71.8 Å². The summed E-state index contributed by atoms with van der Waals surface area (Å²) in [5.74, 6) is 0.907. The van der Waals surface area contributed by atoms with Gasteiger partial charge in [-0.15, -0.1) is 0 Å². The second-order valence-corrected chi connectivity index (χ2v) is 9.86. The molecule has 2 saturated heterocycles. The van der Waals surface area contributed by atoms with Gasteiger partial charge in [0.05, 0.1) is 31.6 Å². The summed E-state index contributed by atoms with van der Waals surface area (Å²) in [6.07, 6.45) is 9.41. The van der Waals surface area contributed by atoms with E-state index in [4.69, 9.17) is 0 Å². The highest BCUT2D eigenvalue weighted by Crippen LogP contribution is 2.58. The molecule has 1 aliphatic carbocycles. The van der Waals surface area contributed by atoms with Crippen molar-refractivity contribution in [2.75, 3.05) is 26.2 Å². The minimum Gasteiger partial charge on any atom is -1.00 e. The molecular formula is C26H34BrNO. The number of rotatable bonds is 5. The molecule has 2 nitrogen and oxygen atoms in total. The van der Waals surface area contributed by atoms with Crippen LogP contribution in [0.3, 0.4) is 0 Å². The molecule has 1 saturated carbocycles. The van der Waals surface area contributed by atoms with Crippen molar-refractivity contribution in [2.45, 2.75) is 50.5 Å². The van der Waals surface area contributed by atoms with E-state index in [0.717, 1.165) is 36.4 Å². The summed E-state index contributed by atoms with van der Waals surface area (Å²) >= 11 is 0. The van der Waals surface area contributed by atoms with Gasteiger partial charge in [0.15, 0.2) is 0 Å². The first-order valence-electron chi connectivity index (χ1n) is 11.3. The Labute approximate surface area is 186 Å². The van der Waals surface area contributed by atoms with E-state index in [2.05, 4.69) is 60.7 Å². The highest BCUT2D eigenvalue weighted by molar-refractivity contribution is 5.39. The zero-order chi connectivity index (χ0) is 19.1. The quantitative estimate of drug-likeness (QED) is 0.684. The molecule has 0 amide bonds. The van der Waals surface area contributed by atoms with Gasteiger partial charge in [0, 0.05) is 18.8 Å². The number of quaternary nitrogens is 1. The maximum Gasteiger partial charge on any atom is 0.126 e. The molecule has 156 valence electrons. The van der Waals surface area contributed by atoms with Crippen LogP contribution in [-0.2, 0) is 5.60 Å². The number of hydrogen-bond donors (Lipinski definition) is 1. The number of benzene rings is 2. The van der Waals surface area contributed by atoms with E-state index < -0.39 is 5.60 Å². The van der Waals surface area contributed by atoms with Gasteiger partial charge in [0.1, 0.15) is 5.60 Å². The lowest BCUT2D eigenvalue weighted by atomic mass is 9.63. The largest absolute Gasteiger partial charge is 1.00 e. The van der Waals surface area contributed by atoms with Crippen LogP contribution >= 0.6 is 0 Å². The Morgan fingerprint density at radius 2 is 1.34 bits per heavy atom. The molecule has 3 fully saturated rings.